The minimum Gasteiger partial charge on any atom is -0.326 e. The third kappa shape index (κ3) is 5.41. The molecular weight excluding hydrogens is 414 g/mol. The molecule has 0 aliphatic carbocycles. The molecule has 1 aliphatic heterocycles. The number of hydrogen-bond donors (Lipinski definition) is 2. The third-order valence-corrected chi connectivity index (χ3v) is 7.51. The lowest BCUT2D eigenvalue weighted by molar-refractivity contribution is -0.115. The zero-order valence-corrected chi connectivity index (χ0v) is 17.4. The predicted molar refractivity (Wildman–Crippen MR) is 109 cm³/mol. The number of carbonyl (C=O) groups is 1. The number of rotatable bonds is 6. The molecule has 1 aliphatic rings. The smallest absolute Gasteiger partial charge is 0.243 e. The summed E-state index contributed by atoms with van der Waals surface area (Å²) in [6.07, 6.45) is 2.73. The summed E-state index contributed by atoms with van der Waals surface area (Å²) in [5.74, 6) is -0.346. The summed E-state index contributed by atoms with van der Waals surface area (Å²) in [5, 5.41) is 7.74. The minimum absolute atomic E-state index is 0.00794. The van der Waals surface area contributed by atoms with E-state index in [1.54, 1.807) is 12.1 Å². The van der Waals surface area contributed by atoms with E-state index in [2.05, 4.69) is 5.32 Å². The van der Waals surface area contributed by atoms with Gasteiger partial charge in [0, 0.05) is 18.8 Å². The number of anilines is 1. The van der Waals surface area contributed by atoms with Crippen LogP contribution in [-0.4, -0.2) is 40.1 Å². The zero-order valence-electron chi connectivity index (χ0n) is 15.7. The second-order valence-electron chi connectivity index (χ2n) is 6.91. The van der Waals surface area contributed by atoms with Crippen molar-refractivity contribution in [3.63, 3.8) is 0 Å². The Morgan fingerprint density at radius 2 is 1.59 bits per heavy atom. The zero-order chi connectivity index (χ0) is 21.1. The summed E-state index contributed by atoms with van der Waals surface area (Å²) in [6, 6.07) is 11.9. The van der Waals surface area contributed by atoms with Crippen LogP contribution in [0.2, 0.25) is 0 Å². The van der Waals surface area contributed by atoms with Gasteiger partial charge in [0.25, 0.3) is 0 Å². The Hall–Kier alpha value is -2.27. The Bertz CT molecular complexity index is 1090. The van der Waals surface area contributed by atoms with Gasteiger partial charge >= 0.3 is 0 Å². The lowest BCUT2D eigenvalue weighted by atomic mass is 10.1. The number of nitrogens with one attached hydrogen (secondary N) is 1. The molecule has 0 radical (unpaired) electrons. The first-order valence-corrected chi connectivity index (χ1v) is 12.2. The molecule has 0 aromatic heterocycles. The molecule has 3 N–H and O–H groups in total. The summed E-state index contributed by atoms with van der Waals surface area (Å²) in [6.45, 7) is 1.01. The highest BCUT2D eigenvalue weighted by Crippen LogP contribution is 2.23. The van der Waals surface area contributed by atoms with Gasteiger partial charge in [0.2, 0.25) is 26.0 Å². The number of hydrogen-bond acceptors (Lipinski definition) is 5. The van der Waals surface area contributed by atoms with Gasteiger partial charge in [-0.3, -0.25) is 4.79 Å². The van der Waals surface area contributed by atoms with E-state index in [0.717, 1.165) is 19.3 Å². The number of piperidine rings is 1. The van der Waals surface area contributed by atoms with Gasteiger partial charge in [-0.25, -0.2) is 22.0 Å². The second kappa shape index (κ2) is 8.62. The van der Waals surface area contributed by atoms with E-state index in [-0.39, 0.29) is 22.1 Å². The van der Waals surface area contributed by atoms with Crippen molar-refractivity contribution >= 4 is 31.6 Å². The van der Waals surface area contributed by atoms with Gasteiger partial charge < -0.3 is 5.32 Å². The van der Waals surface area contributed by atoms with E-state index in [1.807, 2.05) is 0 Å². The predicted octanol–water partition coefficient (Wildman–Crippen LogP) is 1.69. The molecule has 0 saturated carbocycles. The SMILES string of the molecule is NS(=O)(=O)c1ccc(CC(=O)Nc2cccc(S(=O)(=O)N3CCCCC3)c2)cc1. The van der Waals surface area contributed by atoms with Crippen molar-refractivity contribution in [2.45, 2.75) is 35.5 Å². The molecule has 2 aromatic carbocycles. The highest BCUT2D eigenvalue weighted by molar-refractivity contribution is 7.89. The van der Waals surface area contributed by atoms with Crippen LogP contribution in [0.15, 0.2) is 58.3 Å². The van der Waals surface area contributed by atoms with Crippen LogP contribution in [0.1, 0.15) is 24.8 Å². The molecule has 0 atom stereocenters. The van der Waals surface area contributed by atoms with Gasteiger partial charge in [-0.05, 0) is 48.7 Å². The molecule has 8 nitrogen and oxygen atoms in total. The fourth-order valence-corrected chi connectivity index (χ4v) is 5.26. The van der Waals surface area contributed by atoms with Crippen LogP contribution in [0.3, 0.4) is 0 Å². The highest BCUT2D eigenvalue weighted by atomic mass is 32.2. The van der Waals surface area contributed by atoms with Crippen molar-refractivity contribution in [3.05, 3.63) is 54.1 Å². The maximum absolute atomic E-state index is 12.8. The van der Waals surface area contributed by atoms with Crippen LogP contribution in [0, 0.1) is 0 Å². The van der Waals surface area contributed by atoms with Gasteiger partial charge in [-0.1, -0.05) is 24.6 Å². The first kappa shape index (κ1) is 21.4. The Balaban J connectivity index is 1.69. The molecule has 0 bridgehead atoms. The second-order valence-corrected chi connectivity index (χ2v) is 10.4. The largest absolute Gasteiger partial charge is 0.326 e. The van der Waals surface area contributed by atoms with Crippen molar-refractivity contribution in [3.8, 4) is 0 Å². The molecule has 0 unspecified atom stereocenters. The fraction of sp³-hybridized carbons (Fsp3) is 0.316. The van der Waals surface area contributed by atoms with Crippen LogP contribution >= 0.6 is 0 Å². The number of nitrogens with two attached hydrogens (primary N) is 1. The van der Waals surface area contributed by atoms with Crippen LogP contribution in [0.4, 0.5) is 5.69 Å². The number of carbonyl (C=O) groups excluding carboxylic acids is 1. The highest BCUT2D eigenvalue weighted by Gasteiger charge is 2.26. The number of sulfonamides is 2. The van der Waals surface area contributed by atoms with Gasteiger partial charge in [0.1, 0.15) is 0 Å². The average molecular weight is 438 g/mol. The van der Waals surface area contributed by atoms with Crippen molar-refractivity contribution in [2.75, 3.05) is 18.4 Å². The number of nitrogens with zero attached hydrogens (tertiary/aromatic N) is 1. The van der Waals surface area contributed by atoms with Crippen LogP contribution < -0.4 is 10.5 Å². The Morgan fingerprint density at radius 1 is 0.931 bits per heavy atom. The number of primary sulfonamides is 1. The molecule has 0 spiro atoms. The molecule has 3 rings (SSSR count). The molecule has 1 saturated heterocycles. The maximum Gasteiger partial charge on any atom is 0.243 e. The van der Waals surface area contributed by atoms with Gasteiger partial charge in [0.05, 0.1) is 16.2 Å². The fourth-order valence-electron chi connectivity index (χ4n) is 3.18. The summed E-state index contributed by atoms with van der Waals surface area (Å²) in [4.78, 5) is 12.4. The Kier molecular flexibility index (Phi) is 6.37. The lowest BCUT2D eigenvalue weighted by Gasteiger charge is -2.26. The first-order valence-electron chi connectivity index (χ1n) is 9.18. The van der Waals surface area contributed by atoms with E-state index in [9.17, 15) is 21.6 Å². The molecule has 1 heterocycles. The van der Waals surface area contributed by atoms with Crippen LogP contribution in [-0.2, 0) is 31.3 Å². The first-order chi connectivity index (χ1) is 13.7. The van der Waals surface area contributed by atoms with Crippen molar-refractivity contribution in [1.82, 2.24) is 4.31 Å². The van der Waals surface area contributed by atoms with E-state index in [0.29, 0.717) is 24.3 Å². The third-order valence-electron chi connectivity index (χ3n) is 4.69. The maximum atomic E-state index is 12.8. The topological polar surface area (TPSA) is 127 Å². The average Bonchev–Trinajstić information content (AvgIpc) is 2.68. The van der Waals surface area contributed by atoms with Gasteiger partial charge in [0.15, 0.2) is 0 Å². The monoisotopic (exact) mass is 437 g/mol. The van der Waals surface area contributed by atoms with Crippen molar-refractivity contribution < 1.29 is 21.6 Å². The minimum atomic E-state index is -3.79. The van der Waals surface area contributed by atoms with Gasteiger partial charge in [-0.15, -0.1) is 0 Å². The molecule has 10 heteroatoms. The quantitative estimate of drug-likeness (QED) is 0.711. The summed E-state index contributed by atoms with van der Waals surface area (Å²) in [7, 11) is -7.37. The molecule has 2 aromatic rings. The normalized spacial score (nSPS) is 15.8. The molecule has 156 valence electrons. The molecule has 29 heavy (non-hydrogen) atoms. The standard InChI is InChI=1S/C19H23N3O5S2/c20-28(24,25)17-9-7-15(8-10-17)13-19(23)21-16-5-4-6-18(14-16)29(26,27)22-11-2-1-3-12-22/h4-10,14H,1-3,11-13H2,(H,21,23)(H2,20,24,25). The lowest BCUT2D eigenvalue weighted by Crippen LogP contribution is -2.35. The van der Waals surface area contributed by atoms with E-state index < -0.39 is 20.0 Å². The van der Waals surface area contributed by atoms with Crippen LogP contribution in [0.25, 0.3) is 0 Å². The van der Waals surface area contributed by atoms with Gasteiger partial charge in [-0.2, -0.15) is 4.31 Å². The van der Waals surface area contributed by atoms with E-state index in [1.165, 1.54) is 40.7 Å². The van der Waals surface area contributed by atoms with Crippen LogP contribution in [0.5, 0.6) is 0 Å². The molecule has 1 amide bonds. The van der Waals surface area contributed by atoms with E-state index >= 15 is 0 Å². The summed E-state index contributed by atoms with van der Waals surface area (Å²) >= 11 is 0. The Morgan fingerprint density at radius 3 is 2.21 bits per heavy atom. The number of benzene rings is 2. The van der Waals surface area contributed by atoms with E-state index in [4.69, 9.17) is 5.14 Å². The molecule has 1 fully saturated rings. The summed E-state index contributed by atoms with van der Waals surface area (Å²) < 4.78 is 49.6. The van der Waals surface area contributed by atoms with Crippen molar-refractivity contribution in [2.24, 2.45) is 5.14 Å². The Labute approximate surface area is 170 Å². The number of amides is 1. The van der Waals surface area contributed by atoms with Crippen molar-refractivity contribution in [1.29, 1.82) is 0 Å². The molecular formula is C19H23N3O5S2. The summed E-state index contributed by atoms with van der Waals surface area (Å²) in [5.41, 5.74) is 0.987.